The van der Waals surface area contributed by atoms with Gasteiger partial charge in [0.1, 0.15) is 0 Å². The minimum Gasteiger partial charge on any atom is -0.455 e. The second-order valence-corrected chi connectivity index (χ2v) is 6.79. The molecule has 0 aromatic heterocycles. The predicted molar refractivity (Wildman–Crippen MR) is 103 cm³/mol. The lowest BCUT2D eigenvalue weighted by Crippen LogP contribution is -2.28. The van der Waals surface area contributed by atoms with Crippen molar-refractivity contribution in [3.63, 3.8) is 0 Å². The van der Waals surface area contributed by atoms with Crippen molar-refractivity contribution in [2.45, 2.75) is 13.3 Å². The Morgan fingerprint density at radius 3 is 2.74 bits per heavy atom. The van der Waals surface area contributed by atoms with Crippen LogP contribution in [0.1, 0.15) is 12.0 Å². The first-order chi connectivity index (χ1) is 12.9. The summed E-state index contributed by atoms with van der Waals surface area (Å²) in [6, 6.07) is 14.3. The molecule has 0 saturated carbocycles. The Morgan fingerprint density at radius 1 is 1.22 bits per heavy atom. The number of carbonyl (C=O) groups excluding carboxylic acids is 3. The number of carbonyl (C=O) groups is 3. The van der Waals surface area contributed by atoms with Crippen LogP contribution in [0, 0.1) is 12.8 Å². The van der Waals surface area contributed by atoms with Crippen molar-refractivity contribution in [1.82, 2.24) is 0 Å². The van der Waals surface area contributed by atoms with Gasteiger partial charge in [-0.25, -0.2) is 0 Å². The maximum atomic E-state index is 12.2. The van der Waals surface area contributed by atoms with Crippen molar-refractivity contribution in [2.24, 2.45) is 5.92 Å². The summed E-state index contributed by atoms with van der Waals surface area (Å²) < 4.78 is 5.09. The number of anilines is 2. The van der Waals surface area contributed by atoms with Crippen LogP contribution < -0.4 is 10.2 Å². The van der Waals surface area contributed by atoms with E-state index in [-0.39, 0.29) is 18.9 Å². The summed E-state index contributed by atoms with van der Waals surface area (Å²) in [4.78, 5) is 37.9. The van der Waals surface area contributed by atoms with Gasteiger partial charge in [0, 0.05) is 18.7 Å². The maximum Gasteiger partial charge on any atom is 0.311 e. The molecule has 2 aromatic rings. The van der Waals surface area contributed by atoms with Crippen LogP contribution in [0.15, 0.2) is 48.5 Å². The number of halogens is 1. The van der Waals surface area contributed by atoms with E-state index in [1.807, 2.05) is 25.1 Å². The smallest absolute Gasteiger partial charge is 0.311 e. The molecule has 1 aliphatic rings. The van der Waals surface area contributed by atoms with Gasteiger partial charge in [0.15, 0.2) is 6.61 Å². The third-order valence-electron chi connectivity index (χ3n) is 4.25. The molecule has 1 saturated heterocycles. The van der Waals surface area contributed by atoms with Crippen LogP contribution in [-0.4, -0.2) is 30.9 Å². The number of nitrogens with zero attached hydrogens (tertiary/aromatic N) is 1. The number of rotatable bonds is 5. The van der Waals surface area contributed by atoms with E-state index in [1.165, 1.54) is 4.90 Å². The lowest BCUT2D eigenvalue weighted by molar-refractivity contribution is -0.151. The van der Waals surface area contributed by atoms with E-state index in [2.05, 4.69) is 5.32 Å². The summed E-state index contributed by atoms with van der Waals surface area (Å²) >= 11 is 6.12. The number of benzene rings is 2. The minimum absolute atomic E-state index is 0.0313. The SMILES string of the molecule is Cc1cccc(NC(=O)COC(=O)[C@H]2CC(=O)N(c3ccccc3Cl)C2)c1. The minimum atomic E-state index is -0.624. The first-order valence-corrected chi connectivity index (χ1v) is 8.90. The van der Waals surface area contributed by atoms with Gasteiger partial charge in [0.25, 0.3) is 5.91 Å². The molecule has 0 aliphatic carbocycles. The van der Waals surface area contributed by atoms with Gasteiger partial charge in [-0.05, 0) is 36.8 Å². The van der Waals surface area contributed by atoms with E-state index < -0.39 is 24.4 Å². The molecular weight excluding hydrogens is 368 g/mol. The summed E-state index contributed by atoms with van der Waals surface area (Å²) in [5.74, 6) is -1.83. The lowest BCUT2D eigenvalue weighted by Gasteiger charge is -2.17. The maximum absolute atomic E-state index is 12.2. The second-order valence-electron chi connectivity index (χ2n) is 6.38. The van der Waals surface area contributed by atoms with Gasteiger partial charge in [0.05, 0.1) is 16.6 Å². The molecule has 140 valence electrons. The quantitative estimate of drug-likeness (QED) is 0.801. The molecule has 0 unspecified atom stereocenters. The zero-order valence-corrected chi connectivity index (χ0v) is 15.5. The van der Waals surface area contributed by atoms with Crippen LogP contribution >= 0.6 is 11.6 Å². The molecule has 3 rings (SSSR count). The van der Waals surface area contributed by atoms with Gasteiger partial charge in [-0.3, -0.25) is 14.4 Å². The Labute approximate surface area is 162 Å². The van der Waals surface area contributed by atoms with Crippen molar-refractivity contribution in [1.29, 1.82) is 0 Å². The average molecular weight is 387 g/mol. The van der Waals surface area contributed by atoms with Crippen molar-refractivity contribution < 1.29 is 19.1 Å². The van der Waals surface area contributed by atoms with Crippen molar-refractivity contribution in [2.75, 3.05) is 23.4 Å². The molecule has 0 bridgehead atoms. The number of amides is 2. The van der Waals surface area contributed by atoms with E-state index in [0.29, 0.717) is 16.4 Å². The number of ether oxygens (including phenoxy) is 1. The van der Waals surface area contributed by atoms with Gasteiger partial charge in [-0.2, -0.15) is 0 Å². The highest BCUT2D eigenvalue weighted by atomic mass is 35.5. The number of hydrogen-bond donors (Lipinski definition) is 1. The zero-order valence-electron chi connectivity index (χ0n) is 14.8. The highest BCUT2D eigenvalue weighted by Crippen LogP contribution is 2.31. The molecular formula is C20H19ClN2O4. The van der Waals surface area contributed by atoms with Gasteiger partial charge >= 0.3 is 5.97 Å². The topological polar surface area (TPSA) is 75.7 Å². The van der Waals surface area contributed by atoms with Crippen LogP contribution in [0.25, 0.3) is 0 Å². The van der Waals surface area contributed by atoms with Crippen LogP contribution in [0.3, 0.4) is 0 Å². The summed E-state index contributed by atoms with van der Waals surface area (Å²) in [7, 11) is 0. The Bertz CT molecular complexity index is 884. The third-order valence-corrected chi connectivity index (χ3v) is 4.57. The van der Waals surface area contributed by atoms with Crippen molar-refractivity contribution in [3.8, 4) is 0 Å². The number of hydrogen-bond acceptors (Lipinski definition) is 4. The molecule has 7 heteroatoms. The van der Waals surface area contributed by atoms with Crippen LogP contribution in [0.4, 0.5) is 11.4 Å². The molecule has 2 amide bonds. The summed E-state index contributed by atoms with van der Waals surface area (Å²) in [6.45, 7) is 1.70. The Morgan fingerprint density at radius 2 is 2.00 bits per heavy atom. The molecule has 0 radical (unpaired) electrons. The summed E-state index contributed by atoms with van der Waals surface area (Å²) in [6.07, 6.45) is 0.0313. The average Bonchev–Trinajstić information content (AvgIpc) is 3.02. The number of para-hydroxylation sites is 1. The van der Waals surface area contributed by atoms with Crippen molar-refractivity contribution in [3.05, 3.63) is 59.1 Å². The Kier molecular flexibility index (Phi) is 5.76. The third kappa shape index (κ3) is 4.65. The van der Waals surface area contributed by atoms with E-state index in [4.69, 9.17) is 16.3 Å². The highest BCUT2D eigenvalue weighted by molar-refractivity contribution is 6.33. The Balaban J connectivity index is 1.53. The number of esters is 1. The fraction of sp³-hybridized carbons (Fsp3) is 0.250. The first kappa shape index (κ1) is 18.9. The van der Waals surface area contributed by atoms with E-state index >= 15 is 0 Å². The van der Waals surface area contributed by atoms with E-state index in [9.17, 15) is 14.4 Å². The van der Waals surface area contributed by atoms with Gasteiger partial charge in [-0.1, -0.05) is 35.9 Å². The van der Waals surface area contributed by atoms with Crippen LogP contribution in [0.2, 0.25) is 5.02 Å². The molecule has 1 aliphatic heterocycles. The van der Waals surface area contributed by atoms with Crippen LogP contribution in [-0.2, 0) is 19.1 Å². The van der Waals surface area contributed by atoms with Crippen molar-refractivity contribution >= 4 is 40.8 Å². The number of nitrogens with one attached hydrogen (secondary N) is 1. The fourth-order valence-electron chi connectivity index (χ4n) is 2.94. The fourth-order valence-corrected chi connectivity index (χ4v) is 3.18. The van der Waals surface area contributed by atoms with Gasteiger partial charge in [-0.15, -0.1) is 0 Å². The molecule has 2 aromatic carbocycles. The van der Waals surface area contributed by atoms with E-state index in [1.54, 1.807) is 30.3 Å². The standard InChI is InChI=1S/C20H19ClN2O4/c1-13-5-4-6-15(9-13)22-18(24)12-27-20(26)14-10-19(25)23(11-14)17-8-3-2-7-16(17)21/h2-9,14H,10-12H2,1H3,(H,22,24)/t14-/m0/s1. The molecule has 1 fully saturated rings. The van der Waals surface area contributed by atoms with Gasteiger partial charge in [0.2, 0.25) is 5.91 Å². The van der Waals surface area contributed by atoms with E-state index in [0.717, 1.165) is 5.56 Å². The monoisotopic (exact) mass is 386 g/mol. The molecule has 1 heterocycles. The Hall–Kier alpha value is -2.86. The zero-order chi connectivity index (χ0) is 19.4. The second kappa shape index (κ2) is 8.22. The number of aryl methyl sites for hydroxylation is 1. The molecule has 6 nitrogen and oxygen atoms in total. The first-order valence-electron chi connectivity index (χ1n) is 8.52. The lowest BCUT2D eigenvalue weighted by atomic mass is 10.1. The highest BCUT2D eigenvalue weighted by Gasteiger charge is 2.37. The largest absolute Gasteiger partial charge is 0.455 e. The summed E-state index contributed by atoms with van der Waals surface area (Å²) in [5, 5.41) is 3.11. The molecule has 1 atom stereocenters. The molecule has 1 N–H and O–H groups in total. The molecule has 27 heavy (non-hydrogen) atoms. The normalized spacial score (nSPS) is 16.3. The predicted octanol–water partition coefficient (Wildman–Crippen LogP) is 3.18. The summed E-state index contributed by atoms with van der Waals surface area (Å²) in [5.41, 5.74) is 2.21. The van der Waals surface area contributed by atoms with Gasteiger partial charge < -0.3 is 15.0 Å². The van der Waals surface area contributed by atoms with Crippen LogP contribution in [0.5, 0.6) is 0 Å². The molecule has 0 spiro atoms.